The Labute approximate surface area is 125 Å². The van der Waals surface area contributed by atoms with Crippen LogP contribution in [0.5, 0.6) is 0 Å². The van der Waals surface area contributed by atoms with Gasteiger partial charge < -0.3 is 4.74 Å². The van der Waals surface area contributed by atoms with Gasteiger partial charge in [0, 0.05) is 31.7 Å². The van der Waals surface area contributed by atoms with Gasteiger partial charge in [0.25, 0.3) is 0 Å². The molecule has 4 rings (SSSR count). The normalized spacial score (nSPS) is 28.0. The molecule has 21 heavy (non-hydrogen) atoms. The number of rotatable bonds is 3. The van der Waals surface area contributed by atoms with Gasteiger partial charge in [-0.05, 0) is 42.7 Å². The molecule has 1 aromatic heterocycles. The van der Waals surface area contributed by atoms with Crippen molar-refractivity contribution in [1.82, 2.24) is 15.0 Å². The summed E-state index contributed by atoms with van der Waals surface area (Å²) >= 11 is 0. The molecule has 3 aliphatic rings. The summed E-state index contributed by atoms with van der Waals surface area (Å²) in [6, 6.07) is 4.37. The maximum atomic E-state index is 5.83. The number of allylic oxidation sites excluding steroid dienone is 3. The monoisotopic (exact) mass is 281 g/mol. The fraction of sp³-hybridized carbons (Fsp3) is 0.353. The highest BCUT2D eigenvalue weighted by atomic mass is 16.5. The Bertz CT molecular complexity index is 587. The maximum Gasteiger partial charge on any atom is 0.0766 e. The summed E-state index contributed by atoms with van der Waals surface area (Å²) in [5, 5.41) is 4.61. The number of hydrogen-bond acceptors (Lipinski definition) is 4. The molecule has 3 aliphatic heterocycles. The summed E-state index contributed by atoms with van der Waals surface area (Å²) in [6.45, 7) is 1.81. The van der Waals surface area contributed by atoms with E-state index >= 15 is 0 Å². The summed E-state index contributed by atoms with van der Waals surface area (Å²) < 4.78 is 5.83. The van der Waals surface area contributed by atoms with Crippen molar-refractivity contribution >= 4 is 0 Å². The summed E-state index contributed by atoms with van der Waals surface area (Å²) in [5.74, 6) is 0. The fourth-order valence-corrected chi connectivity index (χ4v) is 3.21. The Morgan fingerprint density at radius 3 is 3.14 bits per heavy atom. The van der Waals surface area contributed by atoms with E-state index in [0.717, 1.165) is 19.6 Å². The van der Waals surface area contributed by atoms with Crippen molar-refractivity contribution in [2.45, 2.75) is 25.0 Å². The number of fused-ring (bicyclic) bond motifs is 1. The third kappa shape index (κ3) is 2.41. The van der Waals surface area contributed by atoms with Crippen LogP contribution >= 0.6 is 0 Å². The minimum atomic E-state index is 0.227. The van der Waals surface area contributed by atoms with E-state index in [1.54, 1.807) is 0 Å². The van der Waals surface area contributed by atoms with Gasteiger partial charge >= 0.3 is 0 Å². The van der Waals surface area contributed by atoms with Crippen LogP contribution in [0.15, 0.2) is 60.7 Å². The van der Waals surface area contributed by atoms with Crippen LogP contribution in [0.25, 0.3) is 0 Å². The Balaban J connectivity index is 1.63. The van der Waals surface area contributed by atoms with E-state index in [4.69, 9.17) is 4.74 Å². The van der Waals surface area contributed by atoms with Crippen LogP contribution in [0.2, 0.25) is 0 Å². The van der Waals surface area contributed by atoms with Gasteiger partial charge in [-0.3, -0.25) is 9.99 Å². The van der Waals surface area contributed by atoms with Crippen LogP contribution in [-0.4, -0.2) is 34.3 Å². The third-order valence-electron chi connectivity index (χ3n) is 4.24. The van der Waals surface area contributed by atoms with Crippen LogP contribution in [0.4, 0.5) is 0 Å². The lowest BCUT2D eigenvalue weighted by molar-refractivity contribution is -0.00858. The zero-order valence-corrected chi connectivity index (χ0v) is 11.9. The Morgan fingerprint density at radius 2 is 2.33 bits per heavy atom. The maximum absolute atomic E-state index is 5.83. The SMILES string of the molecule is C1=CC2=CC(c3cccnc3)N(CC3CCCO3)N2C=C1. The van der Waals surface area contributed by atoms with E-state index in [1.807, 2.05) is 18.5 Å². The Kier molecular flexibility index (Phi) is 3.33. The van der Waals surface area contributed by atoms with Crippen LogP contribution in [0.1, 0.15) is 24.4 Å². The van der Waals surface area contributed by atoms with E-state index in [1.165, 1.54) is 17.7 Å². The highest BCUT2D eigenvalue weighted by molar-refractivity contribution is 5.35. The summed E-state index contributed by atoms with van der Waals surface area (Å²) in [4.78, 5) is 4.27. The van der Waals surface area contributed by atoms with Gasteiger partial charge in [-0.15, -0.1) is 0 Å². The molecular formula is C17H19N3O. The molecule has 1 saturated heterocycles. The van der Waals surface area contributed by atoms with Crippen molar-refractivity contribution < 1.29 is 4.74 Å². The zero-order valence-electron chi connectivity index (χ0n) is 11.9. The summed E-state index contributed by atoms with van der Waals surface area (Å²) in [6.07, 6.45) is 17.2. The molecule has 108 valence electrons. The molecular weight excluding hydrogens is 262 g/mol. The van der Waals surface area contributed by atoms with Crippen LogP contribution < -0.4 is 0 Å². The van der Waals surface area contributed by atoms with Crippen LogP contribution in [0, 0.1) is 0 Å². The van der Waals surface area contributed by atoms with Crippen molar-refractivity contribution in [3.8, 4) is 0 Å². The van der Waals surface area contributed by atoms with E-state index in [9.17, 15) is 0 Å². The lowest BCUT2D eigenvalue weighted by atomic mass is 10.1. The lowest BCUT2D eigenvalue weighted by Crippen LogP contribution is -2.40. The molecule has 2 unspecified atom stereocenters. The standard InChI is InChI=1S/C17H19N3O/c1-2-9-19-15(6-1)11-17(14-5-3-8-18-12-14)20(19)13-16-7-4-10-21-16/h1-3,5-6,8-9,11-12,16-17H,4,7,10,13H2. The molecule has 4 heterocycles. The average molecular weight is 281 g/mol. The number of aromatic nitrogens is 1. The highest BCUT2D eigenvalue weighted by Gasteiger charge is 2.34. The first-order valence-electron chi connectivity index (χ1n) is 7.56. The van der Waals surface area contributed by atoms with Gasteiger partial charge in [0.15, 0.2) is 0 Å². The van der Waals surface area contributed by atoms with E-state index in [0.29, 0.717) is 6.10 Å². The minimum absolute atomic E-state index is 0.227. The predicted molar refractivity (Wildman–Crippen MR) is 80.9 cm³/mol. The van der Waals surface area contributed by atoms with Gasteiger partial charge in [0.05, 0.1) is 17.8 Å². The average Bonchev–Trinajstić information content (AvgIpc) is 3.17. The second-order valence-corrected chi connectivity index (χ2v) is 5.63. The molecule has 0 saturated carbocycles. The van der Waals surface area contributed by atoms with Crippen molar-refractivity contribution in [2.24, 2.45) is 0 Å². The van der Waals surface area contributed by atoms with Gasteiger partial charge in [-0.25, -0.2) is 5.01 Å². The van der Waals surface area contributed by atoms with Crippen LogP contribution in [0.3, 0.4) is 0 Å². The minimum Gasteiger partial charge on any atom is -0.377 e. The van der Waals surface area contributed by atoms with Crippen LogP contribution in [-0.2, 0) is 4.74 Å². The van der Waals surface area contributed by atoms with Gasteiger partial charge in [0.1, 0.15) is 0 Å². The molecule has 4 nitrogen and oxygen atoms in total. The lowest BCUT2D eigenvalue weighted by Gasteiger charge is -2.35. The van der Waals surface area contributed by atoms with Crippen molar-refractivity contribution in [2.75, 3.05) is 13.2 Å². The largest absolute Gasteiger partial charge is 0.377 e. The van der Waals surface area contributed by atoms with E-state index in [-0.39, 0.29) is 6.04 Å². The smallest absolute Gasteiger partial charge is 0.0766 e. The molecule has 1 aromatic rings. The van der Waals surface area contributed by atoms with E-state index in [2.05, 4.69) is 51.6 Å². The third-order valence-corrected chi connectivity index (χ3v) is 4.24. The molecule has 4 heteroatoms. The molecule has 0 bridgehead atoms. The molecule has 2 atom stereocenters. The molecule has 0 amide bonds. The Hall–Kier alpha value is -1.91. The summed E-state index contributed by atoms with van der Waals surface area (Å²) in [5.41, 5.74) is 2.45. The predicted octanol–water partition coefficient (Wildman–Crippen LogP) is 2.80. The molecule has 1 fully saturated rings. The number of ether oxygens (including phenoxy) is 1. The van der Waals surface area contributed by atoms with Crippen molar-refractivity contribution in [3.63, 3.8) is 0 Å². The van der Waals surface area contributed by atoms with Gasteiger partial charge in [-0.1, -0.05) is 12.1 Å². The first-order chi connectivity index (χ1) is 10.4. The molecule has 0 spiro atoms. The molecule has 0 N–H and O–H groups in total. The second kappa shape index (κ2) is 5.47. The number of nitrogens with zero attached hydrogens (tertiary/aromatic N) is 3. The van der Waals surface area contributed by atoms with Crippen molar-refractivity contribution in [1.29, 1.82) is 0 Å². The highest BCUT2D eigenvalue weighted by Crippen LogP contribution is 2.36. The number of pyridine rings is 1. The topological polar surface area (TPSA) is 28.6 Å². The zero-order chi connectivity index (χ0) is 14.1. The molecule has 0 aromatic carbocycles. The Morgan fingerprint density at radius 1 is 1.33 bits per heavy atom. The van der Waals surface area contributed by atoms with E-state index < -0.39 is 0 Å². The number of hydrazine groups is 1. The quantitative estimate of drug-likeness (QED) is 0.852. The second-order valence-electron chi connectivity index (χ2n) is 5.63. The first-order valence-corrected chi connectivity index (χ1v) is 7.56. The van der Waals surface area contributed by atoms with Gasteiger partial charge in [-0.2, -0.15) is 0 Å². The summed E-state index contributed by atoms with van der Waals surface area (Å²) in [7, 11) is 0. The molecule has 0 radical (unpaired) electrons. The van der Waals surface area contributed by atoms with Crippen molar-refractivity contribution in [3.05, 3.63) is 66.3 Å². The molecule has 0 aliphatic carbocycles. The first kappa shape index (κ1) is 12.8. The fourth-order valence-electron chi connectivity index (χ4n) is 3.21. The van der Waals surface area contributed by atoms with Gasteiger partial charge in [0.2, 0.25) is 0 Å². The number of hydrogen-bond donors (Lipinski definition) is 0.